The number of ether oxygens (including phenoxy) is 1. The number of anilines is 1. The van der Waals surface area contributed by atoms with Crippen LogP contribution in [0.3, 0.4) is 0 Å². The van der Waals surface area contributed by atoms with Crippen molar-refractivity contribution in [3.8, 4) is 5.75 Å². The van der Waals surface area contributed by atoms with Gasteiger partial charge in [-0.25, -0.2) is 9.97 Å². The minimum atomic E-state index is 0.974. The van der Waals surface area contributed by atoms with Crippen LogP contribution in [0, 0.1) is 0 Å². The number of hydrogen-bond donors (Lipinski definition) is 1. The fourth-order valence-corrected chi connectivity index (χ4v) is 2.62. The Morgan fingerprint density at radius 2 is 1.83 bits per heavy atom. The van der Waals surface area contributed by atoms with Gasteiger partial charge in [-0.15, -0.1) is 0 Å². The maximum Gasteiger partial charge on any atom is 0.132 e. The van der Waals surface area contributed by atoms with Crippen LogP contribution in [0.4, 0.5) is 5.82 Å². The van der Waals surface area contributed by atoms with E-state index in [9.17, 15) is 0 Å². The number of methoxy groups -OCH3 is 1. The molecule has 0 saturated heterocycles. The van der Waals surface area contributed by atoms with E-state index in [4.69, 9.17) is 4.74 Å². The third-order valence-electron chi connectivity index (χ3n) is 3.95. The Morgan fingerprint density at radius 1 is 1.04 bits per heavy atom. The topological polar surface area (TPSA) is 47.0 Å². The molecule has 1 heterocycles. The van der Waals surface area contributed by atoms with Crippen molar-refractivity contribution in [2.75, 3.05) is 19.0 Å². The minimum Gasteiger partial charge on any atom is -0.496 e. The second kappa shape index (κ2) is 9.82. The number of unbranched alkanes of at least 4 members (excludes halogenated alkanes) is 2. The third-order valence-corrected chi connectivity index (χ3v) is 3.95. The van der Waals surface area contributed by atoms with Crippen LogP contribution >= 0.6 is 0 Å². The second-order valence-corrected chi connectivity index (χ2v) is 5.70. The highest BCUT2D eigenvalue weighted by Gasteiger charge is 2.05. The van der Waals surface area contributed by atoms with Gasteiger partial charge in [0.25, 0.3) is 0 Å². The molecule has 4 heteroatoms. The first-order chi connectivity index (χ1) is 11.3. The highest BCUT2D eigenvalue weighted by molar-refractivity contribution is 5.42. The largest absolute Gasteiger partial charge is 0.496 e. The van der Waals surface area contributed by atoms with Crippen LogP contribution in [0.2, 0.25) is 0 Å². The van der Waals surface area contributed by atoms with Gasteiger partial charge in [-0.3, -0.25) is 0 Å². The Hall–Kier alpha value is -2.10. The van der Waals surface area contributed by atoms with E-state index in [2.05, 4.69) is 34.3 Å². The first-order valence-electron chi connectivity index (χ1n) is 8.49. The molecular formula is C19H27N3O. The lowest BCUT2D eigenvalue weighted by Gasteiger charge is -2.10. The number of aryl methyl sites for hydroxylation is 2. The van der Waals surface area contributed by atoms with Gasteiger partial charge in [0.05, 0.1) is 7.11 Å². The average molecular weight is 313 g/mol. The normalized spacial score (nSPS) is 10.5. The van der Waals surface area contributed by atoms with E-state index in [1.165, 1.54) is 17.5 Å². The van der Waals surface area contributed by atoms with Crippen molar-refractivity contribution in [3.63, 3.8) is 0 Å². The molecule has 124 valence electrons. The van der Waals surface area contributed by atoms with Gasteiger partial charge in [0, 0.05) is 18.3 Å². The third kappa shape index (κ3) is 5.55. The highest BCUT2D eigenvalue weighted by atomic mass is 16.5. The molecule has 0 atom stereocenters. The molecule has 0 fully saturated rings. The van der Waals surface area contributed by atoms with E-state index < -0.39 is 0 Å². The van der Waals surface area contributed by atoms with Crippen molar-refractivity contribution < 1.29 is 4.74 Å². The maximum absolute atomic E-state index is 5.40. The van der Waals surface area contributed by atoms with Gasteiger partial charge in [0.2, 0.25) is 0 Å². The number of nitrogens with zero attached hydrogens (tertiary/aromatic N) is 2. The van der Waals surface area contributed by atoms with Crippen LogP contribution in [0.5, 0.6) is 5.75 Å². The smallest absolute Gasteiger partial charge is 0.132 e. The molecular weight excluding hydrogens is 286 g/mol. The summed E-state index contributed by atoms with van der Waals surface area (Å²) in [7, 11) is 1.73. The highest BCUT2D eigenvalue weighted by Crippen LogP contribution is 2.20. The number of hydrogen-bond acceptors (Lipinski definition) is 4. The van der Waals surface area contributed by atoms with Gasteiger partial charge in [-0.05, 0) is 43.7 Å². The van der Waals surface area contributed by atoms with Crippen LogP contribution < -0.4 is 10.1 Å². The first kappa shape index (κ1) is 17.3. The summed E-state index contributed by atoms with van der Waals surface area (Å²) in [6, 6.07) is 8.24. The van der Waals surface area contributed by atoms with Crippen LogP contribution in [-0.4, -0.2) is 23.6 Å². The van der Waals surface area contributed by atoms with Gasteiger partial charge >= 0.3 is 0 Å². The Balaban J connectivity index is 1.82. The Labute approximate surface area is 139 Å². The molecule has 2 aromatic rings. The minimum absolute atomic E-state index is 0.974. The maximum atomic E-state index is 5.40. The van der Waals surface area contributed by atoms with Crippen LogP contribution in [0.1, 0.15) is 43.7 Å². The molecule has 0 aliphatic carbocycles. The SMILES string of the molecule is CCCCNc1ncncc1CCCCc1ccccc1OC. The van der Waals surface area contributed by atoms with Crippen molar-refractivity contribution in [2.24, 2.45) is 0 Å². The Kier molecular flexibility index (Phi) is 7.37. The number of benzene rings is 1. The molecule has 0 unspecified atom stereocenters. The fraction of sp³-hybridized carbons (Fsp3) is 0.474. The summed E-state index contributed by atoms with van der Waals surface area (Å²) in [5, 5.41) is 3.42. The zero-order valence-corrected chi connectivity index (χ0v) is 14.2. The quantitative estimate of drug-likeness (QED) is 0.666. The van der Waals surface area contributed by atoms with Gasteiger partial charge in [0.15, 0.2) is 0 Å². The summed E-state index contributed by atoms with van der Waals surface area (Å²) in [5.74, 6) is 1.98. The molecule has 0 bridgehead atoms. The number of nitrogens with one attached hydrogen (secondary N) is 1. The summed E-state index contributed by atoms with van der Waals surface area (Å²) >= 11 is 0. The van der Waals surface area contributed by atoms with Crippen molar-refractivity contribution in [2.45, 2.75) is 45.4 Å². The van der Waals surface area contributed by atoms with Gasteiger partial charge in [-0.1, -0.05) is 31.5 Å². The number of rotatable bonds is 10. The molecule has 4 nitrogen and oxygen atoms in total. The van der Waals surface area contributed by atoms with E-state index >= 15 is 0 Å². The molecule has 1 aromatic carbocycles. The Morgan fingerprint density at radius 3 is 2.61 bits per heavy atom. The van der Waals surface area contributed by atoms with E-state index in [0.29, 0.717) is 0 Å². The molecule has 0 amide bonds. The Bertz CT molecular complexity index is 586. The van der Waals surface area contributed by atoms with Crippen LogP contribution in [0.25, 0.3) is 0 Å². The summed E-state index contributed by atoms with van der Waals surface area (Å²) in [6.07, 6.45) is 10.2. The van der Waals surface area contributed by atoms with E-state index in [0.717, 1.165) is 50.2 Å². The standard InChI is InChI=1S/C19H27N3O/c1-3-4-13-21-19-17(14-20-15-22-19)11-6-5-9-16-10-7-8-12-18(16)23-2/h7-8,10,12,14-15H,3-6,9,11,13H2,1-2H3,(H,20,21,22). The summed E-state index contributed by atoms with van der Waals surface area (Å²) in [4.78, 5) is 8.54. The zero-order chi connectivity index (χ0) is 16.3. The molecule has 1 N–H and O–H groups in total. The predicted octanol–water partition coefficient (Wildman–Crippen LogP) is 4.26. The molecule has 0 aliphatic heterocycles. The lowest BCUT2D eigenvalue weighted by molar-refractivity contribution is 0.409. The van der Waals surface area contributed by atoms with Gasteiger partial charge in [-0.2, -0.15) is 0 Å². The molecule has 2 rings (SSSR count). The predicted molar refractivity (Wildman–Crippen MR) is 95.1 cm³/mol. The molecule has 0 aliphatic rings. The van der Waals surface area contributed by atoms with Gasteiger partial charge in [0.1, 0.15) is 17.9 Å². The first-order valence-corrected chi connectivity index (χ1v) is 8.49. The van der Waals surface area contributed by atoms with E-state index in [1.54, 1.807) is 13.4 Å². The zero-order valence-electron chi connectivity index (χ0n) is 14.2. The lowest BCUT2D eigenvalue weighted by Crippen LogP contribution is -2.06. The van der Waals surface area contributed by atoms with E-state index in [1.807, 2.05) is 18.3 Å². The molecule has 1 aromatic heterocycles. The van der Waals surface area contributed by atoms with Crippen molar-refractivity contribution in [1.29, 1.82) is 0 Å². The summed E-state index contributed by atoms with van der Waals surface area (Å²) in [6.45, 7) is 3.17. The van der Waals surface area contributed by atoms with Crippen LogP contribution in [0.15, 0.2) is 36.8 Å². The van der Waals surface area contributed by atoms with E-state index in [-0.39, 0.29) is 0 Å². The molecule has 0 radical (unpaired) electrons. The van der Waals surface area contributed by atoms with Crippen molar-refractivity contribution in [1.82, 2.24) is 9.97 Å². The number of aromatic nitrogens is 2. The van der Waals surface area contributed by atoms with Crippen molar-refractivity contribution >= 4 is 5.82 Å². The molecule has 23 heavy (non-hydrogen) atoms. The van der Waals surface area contributed by atoms with Crippen molar-refractivity contribution in [3.05, 3.63) is 47.9 Å². The average Bonchev–Trinajstić information content (AvgIpc) is 2.60. The molecule has 0 spiro atoms. The lowest BCUT2D eigenvalue weighted by atomic mass is 10.0. The second-order valence-electron chi connectivity index (χ2n) is 5.70. The fourth-order valence-electron chi connectivity index (χ4n) is 2.62. The summed E-state index contributed by atoms with van der Waals surface area (Å²) < 4.78 is 5.40. The number of para-hydroxylation sites is 1. The monoisotopic (exact) mass is 313 g/mol. The molecule has 0 saturated carbocycles. The van der Waals surface area contributed by atoms with Gasteiger partial charge < -0.3 is 10.1 Å². The van der Waals surface area contributed by atoms with Crippen LogP contribution in [-0.2, 0) is 12.8 Å². The summed E-state index contributed by atoms with van der Waals surface area (Å²) in [5.41, 5.74) is 2.49.